The number of nitrogens with zero attached hydrogens (tertiary/aromatic N) is 1. The summed E-state index contributed by atoms with van der Waals surface area (Å²) in [5.74, 6) is 0.647. The Bertz CT molecular complexity index is 1160. The van der Waals surface area contributed by atoms with E-state index in [1.54, 1.807) is 0 Å². The first-order chi connectivity index (χ1) is 16.0. The van der Waals surface area contributed by atoms with Crippen LogP contribution < -0.4 is 4.57 Å². The lowest BCUT2D eigenvalue weighted by Crippen LogP contribution is -2.36. The van der Waals surface area contributed by atoms with Gasteiger partial charge in [0.15, 0.2) is 6.20 Å². The molecule has 1 heteroatoms. The number of hydrogen-bond acceptors (Lipinski definition) is 0. The molecule has 3 aromatic rings. The van der Waals surface area contributed by atoms with Crippen molar-refractivity contribution in [3.05, 3.63) is 107 Å². The molecule has 0 bridgehead atoms. The Hall–Kier alpha value is -2.93. The normalized spacial score (nSPS) is 15.5. The van der Waals surface area contributed by atoms with Gasteiger partial charge in [-0.3, -0.25) is 0 Å². The smallest absolute Gasteiger partial charge is 0.198 e. The molecule has 1 nitrogen and oxygen atoms in total. The molecule has 0 aliphatic heterocycles. The number of unbranched alkanes of at least 4 members (excludes halogenated alkanes) is 2. The molecule has 0 spiro atoms. The van der Waals surface area contributed by atoms with Gasteiger partial charge in [0.05, 0.1) is 0 Å². The van der Waals surface area contributed by atoms with Crippen molar-refractivity contribution >= 4 is 5.57 Å². The van der Waals surface area contributed by atoms with Gasteiger partial charge < -0.3 is 0 Å². The highest BCUT2D eigenvalue weighted by atomic mass is 15.0. The minimum atomic E-state index is 0.647. The maximum Gasteiger partial charge on any atom is 0.213 e. The van der Waals surface area contributed by atoms with Crippen molar-refractivity contribution in [2.75, 3.05) is 0 Å². The topological polar surface area (TPSA) is 3.88 Å². The first-order valence-corrected chi connectivity index (χ1v) is 12.5. The van der Waals surface area contributed by atoms with Crippen LogP contribution in [0.1, 0.15) is 59.9 Å². The second-order valence-corrected chi connectivity index (χ2v) is 9.75. The molecule has 1 aliphatic rings. The Morgan fingerprint density at radius 2 is 1.61 bits per heavy atom. The van der Waals surface area contributed by atoms with Crippen LogP contribution in [0.25, 0.3) is 16.8 Å². The van der Waals surface area contributed by atoms with Crippen molar-refractivity contribution in [3.8, 4) is 11.3 Å². The number of allylic oxidation sites excluding steroid dienone is 4. The average molecular weight is 437 g/mol. The lowest BCUT2D eigenvalue weighted by atomic mass is 9.82. The van der Waals surface area contributed by atoms with Crippen LogP contribution in [0, 0.1) is 33.6 Å². The van der Waals surface area contributed by atoms with E-state index in [-0.39, 0.29) is 0 Å². The Morgan fingerprint density at radius 3 is 2.42 bits per heavy atom. The number of pyridine rings is 1. The molecular weight excluding hydrogens is 398 g/mol. The molecule has 0 fully saturated rings. The van der Waals surface area contributed by atoms with E-state index in [9.17, 15) is 0 Å². The molecule has 1 aliphatic carbocycles. The summed E-state index contributed by atoms with van der Waals surface area (Å²) in [4.78, 5) is 0. The molecule has 1 aromatic heterocycles. The van der Waals surface area contributed by atoms with Crippen molar-refractivity contribution in [2.45, 2.75) is 66.3 Å². The monoisotopic (exact) mass is 436 g/mol. The summed E-state index contributed by atoms with van der Waals surface area (Å²) in [6.07, 6.45) is 15.4. The van der Waals surface area contributed by atoms with Gasteiger partial charge >= 0.3 is 0 Å². The number of aryl methyl sites for hydroxylation is 5. The van der Waals surface area contributed by atoms with E-state index in [2.05, 4.69) is 111 Å². The summed E-state index contributed by atoms with van der Waals surface area (Å²) < 4.78 is 2.45. The van der Waals surface area contributed by atoms with E-state index in [4.69, 9.17) is 0 Å². The Labute approximate surface area is 200 Å². The Kier molecular flexibility index (Phi) is 7.60. The molecule has 0 N–H and O–H groups in total. The highest BCUT2D eigenvalue weighted by molar-refractivity contribution is 5.72. The minimum absolute atomic E-state index is 0.647. The third-order valence-electron chi connectivity index (χ3n) is 7.03. The quantitative estimate of drug-likeness (QED) is 0.248. The van der Waals surface area contributed by atoms with Crippen molar-refractivity contribution in [3.63, 3.8) is 0 Å². The number of benzene rings is 2. The maximum atomic E-state index is 2.45. The van der Waals surface area contributed by atoms with Crippen LogP contribution in [0.4, 0.5) is 0 Å². The van der Waals surface area contributed by atoms with E-state index in [0.29, 0.717) is 5.92 Å². The molecule has 170 valence electrons. The van der Waals surface area contributed by atoms with Gasteiger partial charge in [0, 0.05) is 24.1 Å². The zero-order chi connectivity index (χ0) is 23.2. The second kappa shape index (κ2) is 10.8. The van der Waals surface area contributed by atoms with E-state index in [0.717, 1.165) is 6.54 Å². The summed E-state index contributed by atoms with van der Waals surface area (Å²) in [7, 11) is 0. The number of aromatic nitrogens is 1. The summed E-state index contributed by atoms with van der Waals surface area (Å²) in [5.41, 5.74) is 11.0. The van der Waals surface area contributed by atoms with Gasteiger partial charge in [0.25, 0.3) is 0 Å². The largest absolute Gasteiger partial charge is 0.213 e. The van der Waals surface area contributed by atoms with Crippen LogP contribution in [0.5, 0.6) is 0 Å². The van der Waals surface area contributed by atoms with E-state index < -0.39 is 0 Å². The lowest BCUT2D eigenvalue weighted by molar-refractivity contribution is -0.686. The first-order valence-electron chi connectivity index (χ1n) is 12.5. The standard InChI is InChI=1S/C32H38N/c1-24-17-18-30(27(4)22-24)32-23-25(2)19-21-33(32)20-11-5-6-13-28-14-8-10-16-31(28)29-15-9-7-12-26(29)3/h7-10,12,15-19,21-23,28H,5-6,11,13-14,20H2,1-4H3/q+1. The Morgan fingerprint density at radius 1 is 0.788 bits per heavy atom. The summed E-state index contributed by atoms with van der Waals surface area (Å²) in [5, 5.41) is 0. The van der Waals surface area contributed by atoms with Gasteiger partial charge in [-0.1, -0.05) is 66.6 Å². The Balaban J connectivity index is 1.37. The summed E-state index contributed by atoms with van der Waals surface area (Å²) in [6, 6.07) is 20.2. The van der Waals surface area contributed by atoms with Crippen molar-refractivity contribution in [1.29, 1.82) is 0 Å². The summed E-state index contributed by atoms with van der Waals surface area (Å²) in [6.45, 7) is 9.90. The third-order valence-corrected chi connectivity index (χ3v) is 7.03. The van der Waals surface area contributed by atoms with Crippen LogP contribution in [0.2, 0.25) is 0 Å². The van der Waals surface area contributed by atoms with Crippen LogP contribution >= 0.6 is 0 Å². The first kappa shape index (κ1) is 23.2. The molecule has 33 heavy (non-hydrogen) atoms. The van der Waals surface area contributed by atoms with Gasteiger partial charge in [-0.25, -0.2) is 0 Å². The van der Waals surface area contributed by atoms with E-state index in [1.807, 2.05) is 0 Å². The predicted molar refractivity (Wildman–Crippen MR) is 141 cm³/mol. The van der Waals surface area contributed by atoms with Gasteiger partial charge in [-0.15, -0.1) is 0 Å². The zero-order valence-corrected chi connectivity index (χ0v) is 20.8. The van der Waals surface area contributed by atoms with E-state index >= 15 is 0 Å². The average Bonchev–Trinajstić information content (AvgIpc) is 2.80. The summed E-state index contributed by atoms with van der Waals surface area (Å²) >= 11 is 0. The van der Waals surface area contributed by atoms with Gasteiger partial charge in [0.1, 0.15) is 6.54 Å². The lowest BCUT2D eigenvalue weighted by Gasteiger charge is -2.23. The molecule has 0 saturated heterocycles. The molecule has 1 atom stereocenters. The molecular formula is C32H38N+. The van der Waals surface area contributed by atoms with Gasteiger partial charge in [-0.2, -0.15) is 4.57 Å². The molecule has 1 heterocycles. The second-order valence-electron chi connectivity index (χ2n) is 9.75. The van der Waals surface area contributed by atoms with Gasteiger partial charge in [0.2, 0.25) is 5.69 Å². The molecule has 1 unspecified atom stereocenters. The van der Waals surface area contributed by atoms with Crippen LogP contribution in [0.15, 0.2) is 79.0 Å². The fraction of sp³-hybridized carbons (Fsp3) is 0.344. The highest BCUT2D eigenvalue weighted by Gasteiger charge is 2.19. The molecule has 0 radical (unpaired) electrons. The van der Waals surface area contributed by atoms with Crippen molar-refractivity contribution < 1.29 is 4.57 Å². The maximum absolute atomic E-state index is 2.45. The van der Waals surface area contributed by atoms with Crippen LogP contribution in [0.3, 0.4) is 0 Å². The van der Waals surface area contributed by atoms with Crippen molar-refractivity contribution in [2.24, 2.45) is 5.92 Å². The SMILES string of the molecule is Cc1ccc(-c2cc(C)cc[n+]2CCCCCC2CC=CC=C2c2ccccc2C)c(C)c1. The molecule has 4 rings (SSSR count). The molecule has 0 amide bonds. The third kappa shape index (κ3) is 5.71. The number of rotatable bonds is 8. The molecule has 0 saturated carbocycles. The predicted octanol–water partition coefficient (Wildman–Crippen LogP) is 8.09. The minimum Gasteiger partial charge on any atom is -0.198 e. The van der Waals surface area contributed by atoms with Crippen LogP contribution in [-0.4, -0.2) is 0 Å². The van der Waals surface area contributed by atoms with Crippen LogP contribution in [-0.2, 0) is 6.54 Å². The fourth-order valence-corrected chi connectivity index (χ4v) is 5.17. The number of hydrogen-bond donors (Lipinski definition) is 0. The molecule has 2 aromatic carbocycles. The highest BCUT2D eigenvalue weighted by Crippen LogP contribution is 2.34. The van der Waals surface area contributed by atoms with Gasteiger partial charge in [-0.05, 0) is 86.8 Å². The van der Waals surface area contributed by atoms with E-state index in [1.165, 1.54) is 76.8 Å². The zero-order valence-electron chi connectivity index (χ0n) is 20.8. The van der Waals surface area contributed by atoms with Crippen molar-refractivity contribution in [1.82, 2.24) is 0 Å². The fourth-order valence-electron chi connectivity index (χ4n) is 5.17.